The Morgan fingerprint density at radius 3 is 2.40 bits per heavy atom. The van der Waals surface area contributed by atoms with Crippen LogP contribution in [0.15, 0.2) is 42.5 Å². The van der Waals surface area contributed by atoms with Gasteiger partial charge in [0.25, 0.3) is 5.91 Å². The first kappa shape index (κ1) is 17.3. The van der Waals surface area contributed by atoms with E-state index < -0.39 is 11.6 Å². The van der Waals surface area contributed by atoms with Crippen LogP contribution in [0.5, 0.6) is 0 Å². The number of urea groups is 1. The van der Waals surface area contributed by atoms with E-state index >= 15 is 0 Å². The second-order valence-corrected chi connectivity index (χ2v) is 6.70. The van der Waals surface area contributed by atoms with Crippen molar-refractivity contribution in [2.24, 2.45) is 0 Å². The Labute approximate surface area is 154 Å². The van der Waals surface area contributed by atoms with Crippen molar-refractivity contribution in [3.63, 3.8) is 0 Å². The lowest BCUT2D eigenvalue weighted by Crippen LogP contribution is -2.40. The first-order chi connectivity index (χ1) is 11.8. The SMILES string of the molecule is C[C@@]1(c2ccc(Cl)c(Cl)c2)NC(=O)N(Cc2ccc(C#N)cc2)C1=O. The highest BCUT2D eigenvalue weighted by Gasteiger charge is 2.49. The third-order valence-corrected chi connectivity index (χ3v) is 4.93. The van der Waals surface area contributed by atoms with Crippen LogP contribution in [0, 0.1) is 11.3 Å². The van der Waals surface area contributed by atoms with Crippen molar-refractivity contribution in [3.05, 3.63) is 69.2 Å². The maximum absolute atomic E-state index is 12.9. The fraction of sp³-hybridized carbons (Fsp3) is 0.167. The number of rotatable bonds is 3. The van der Waals surface area contributed by atoms with Gasteiger partial charge in [-0.1, -0.05) is 41.4 Å². The normalized spacial score (nSPS) is 19.7. The van der Waals surface area contributed by atoms with Crippen molar-refractivity contribution < 1.29 is 9.59 Å². The van der Waals surface area contributed by atoms with E-state index in [1.165, 1.54) is 0 Å². The Hall–Kier alpha value is -2.55. The number of benzene rings is 2. The van der Waals surface area contributed by atoms with E-state index in [2.05, 4.69) is 5.32 Å². The van der Waals surface area contributed by atoms with Gasteiger partial charge in [-0.15, -0.1) is 0 Å². The molecule has 2 aromatic rings. The fourth-order valence-corrected chi connectivity index (χ4v) is 3.01. The van der Waals surface area contributed by atoms with Gasteiger partial charge in [0.2, 0.25) is 0 Å². The van der Waals surface area contributed by atoms with Crippen molar-refractivity contribution in [1.29, 1.82) is 5.26 Å². The quantitative estimate of drug-likeness (QED) is 0.830. The van der Waals surface area contributed by atoms with Crippen LogP contribution in [-0.4, -0.2) is 16.8 Å². The molecule has 5 nitrogen and oxygen atoms in total. The Morgan fingerprint density at radius 2 is 1.80 bits per heavy atom. The molecule has 1 aliphatic heterocycles. The molecule has 25 heavy (non-hydrogen) atoms. The van der Waals surface area contributed by atoms with Gasteiger partial charge in [-0.05, 0) is 42.3 Å². The second-order valence-electron chi connectivity index (χ2n) is 5.88. The highest BCUT2D eigenvalue weighted by atomic mass is 35.5. The molecule has 0 unspecified atom stereocenters. The molecule has 7 heteroatoms. The molecular formula is C18H13Cl2N3O2. The number of hydrogen-bond acceptors (Lipinski definition) is 3. The largest absolute Gasteiger partial charge is 0.325 e. The summed E-state index contributed by atoms with van der Waals surface area (Å²) in [7, 11) is 0. The molecule has 1 saturated heterocycles. The van der Waals surface area contributed by atoms with Crippen molar-refractivity contribution in [1.82, 2.24) is 10.2 Å². The number of nitrogens with zero attached hydrogens (tertiary/aromatic N) is 2. The lowest BCUT2D eigenvalue weighted by Gasteiger charge is -2.22. The summed E-state index contributed by atoms with van der Waals surface area (Å²) >= 11 is 12.0. The van der Waals surface area contributed by atoms with Crippen LogP contribution in [0.4, 0.5) is 4.79 Å². The van der Waals surface area contributed by atoms with Crippen LogP contribution in [0.3, 0.4) is 0 Å². The van der Waals surface area contributed by atoms with E-state index in [0.29, 0.717) is 21.2 Å². The molecule has 0 spiro atoms. The van der Waals surface area contributed by atoms with Crippen molar-refractivity contribution in [2.75, 3.05) is 0 Å². The zero-order chi connectivity index (χ0) is 18.2. The van der Waals surface area contributed by atoms with E-state index in [-0.39, 0.29) is 12.5 Å². The first-order valence-corrected chi connectivity index (χ1v) is 8.19. The maximum atomic E-state index is 12.9. The average molecular weight is 374 g/mol. The zero-order valence-corrected chi connectivity index (χ0v) is 14.7. The van der Waals surface area contributed by atoms with E-state index in [1.807, 2.05) is 6.07 Å². The predicted octanol–water partition coefficient (Wildman–Crippen LogP) is 3.83. The summed E-state index contributed by atoms with van der Waals surface area (Å²) in [5.74, 6) is -0.375. The van der Waals surface area contributed by atoms with Gasteiger partial charge in [-0.3, -0.25) is 9.69 Å². The molecule has 0 bridgehead atoms. The van der Waals surface area contributed by atoms with Gasteiger partial charge in [-0.25, -0.2) is 4.79 Å². The van der Waals surface area contributed by atoms with Gasteiger partial charge in [0.15, 0.2) is 0 Å². The summed E-state index contributed by atoms with van der Waals surface area (Å²) in [6.07, 6.45) is 0. The van der Waals surface area contributed by atoms with Gasteiger partial charge in [-0.2, -0.15) is 5.26 Å². The summed E-state index contributed by atoms with van der Waals surface area (Å²) in [5.41, 5.74) is 0.614. The summed E-state index contributed by atoms with van der Waals surface area (Å²) in [4.78, 5) is 26.4. The standard InChI is InChI=1S/C18H13Cl2N3O2/c1-18(13-6-7-14(19)15(20)8-13)16(24)23(17(25)22-18)10-12-4-2-11(9-21)3-5-12/h2-8H,10H2,1H3,(H,22,25)/t18-/m0/s1. The molecule has 1 N–H and O–H groups in total. The molecule has 2 aromatic carbocycles. The van der Waals surface area contributed by atoms with Crippen molar-refractivity contribution in [2.45, 2.75) is 19.0 Å². The van der Waals surface area contributed by atoms with Gasteiger partial charge in [0.05, 0.1) is 28.2 Å². The topological polar surface area (TPSA) is 73.2 Å². The highest BCUT2D eigenvalue weighted by molar-refractivity contribution is 6.42. The summed E-state index contributed by atoms with van der Waals surface area (Å²) in [6.45, 7) is 1.75. The third kappa shape index (κ3) is 3.07. The minimum atomic E-state index is -1.21. The van der Waals surface area contributed by atoms with Crippen LogP contribution in [0.2, 0.25) is 10.0 Å². The van der Waals surface area contributed by atoms with E-state index in [0.717, 1.165) is 10.5 Å². The Balaban J connectivity index is 1.88. The van der Waals surface area contributed by atoms with Crippen molar-refractivity contribution in [3.8, 4) is 6.07 Å². The number of carbonyl (C=O) groups excluding carboxylic acids is 2. The molecule has 0 saturated carbocycles. The Kier molecular flexibility index (Phi) is 4.42. The zero-order valence-electron chi connectivity index (χ0n) is 13.2. The Bertz CT molecular complexity index is 906. The van der Waals surface area contributed by atoms with Crippen LogP contribution in [0.25, 0.3) is 0 Å². The van der Waals surface area contributed by atoms with E-state index in [1.54, 1.807) is 49.4 Å². The number of carbonyl (C=O) groups is 2. The van der Waals surface area contributed by atoms with Crippen LogP contribution >= 0.6 is 23.2 Å². The highest BCUT2D eigenvalue weighted by Crippen LogP contribution is 2.33. The molecule has 3 amide bonds. The summed E-state index contributed by atoms with van der Waals surface area (Å²) in [5, 5.41) is 12.2. The first-order valence-electron chi connectivity index (χ1n) is 7.44. The van der Waals surface area contributed by atoms with Crippen LogP contribution in [-0.2, 0) is 16.9 Å². The monoisotopic (exact) mass is 373 g/mol. The molecule has 1 heterocycles. The Morgan fingerprint density at radius 1 is 1.12 bits per heavy atom. The average Bonchev–Trinajstić information content (AvgIpc) is 2.82. The fourth-order valence-electron chi connectivity index (χ4n) is 2.71. The molecular weight excluding hydrogens is 361 g/mol. The van der Waals surface area contributed by atoms with Crippen molar-refractivity contribution >= 4 is 35.1 Å². The maximum Gasteiger partial charge on any atom is 0.325 e. The number of halogens is 2. The molecule has 3 rings (SSSR count). The van der Waals surface area contributed by atoms with Gasteiger partial charge < -0.3 is 5.32 Å². The van der Waals surface area contributed by atoms with Gasteiger partial charge in [0.1, 0.15) is 5.54 Å². The third-order valence-electron chi connectivity index (χ3n) is 4.20. The van der Waals surface area contributed by atoms with Gasteiger partial charge in [0, 0.05) is 0 Å². The molecule has 1 atom stereocenters. The molecule has 0 radical (unpaired) electrons. The predicted molar refractivity (Wildman–Crippen MR) is 94.1 cm³/mol. The lowest BCUT2D eigenvalue weighted by atomic mass is 9.92. The minimum Gasteiger partial charge on any atom is -0.319 e. The minimum absolute atomic E-state index is 0.118. The molecule has 1 aliphatic rings. The molecule has 126 valence electrons. The summed E-state index contributed by atoms with van der Waals surface area (Å²) < 4.78 is 0. The van der Waals surface area contributed by atoms with E-state index in [4.69, 9.17) is 28.5 Å². The lowest BCUT2D eigenvalue weighted by molar-refractivity contribution is -0.131. The summed E-state index contributed by atoms with van der Waals surface area (Å²) in [6, 6.07) is 13.1. The second kappa shape index (κ2) is 6.40. The van der Waals surface area contributed by atoms with E-state index in [9.17, 15) is 9.59 Å². The molecule has 1 fully saturated rings. The molecule has 0 aliphatic carbocycles. The van der Waals surface area contributed by atoms with Crippen LogP contribution < -0.4 is 5.32 Å². The van der Waals surface area contributed by atoms with Crippen LogP contribution in [0.1, 0.15) is 23.6 Å². The number of nitriles is 1. The number of amides is 3. The number of nitrogens with one attached hydrogen (secondary N) is 1. The molecule has 0 aromatic heterocycles. The number of hydrogen-bond donors (Lipinski definition) is 1. The van der Waals surface area contributed by atoms with Gasteiger partial charge >= 0.3 is 6.03 Å². The smallest absolute Gasteiger partial charge is 0.319 e. The number of imide groups is 1.